The van der Waals surface area contributed by atoms with E-state index < -0.39 is 10.0 Å². The summed E-state index contributed by atoms with van der Waals surface area (Å²) in [6, 6.07) is 2.67. The first-order chi connectivity index (χ1) is 8.04. The molecule has 1 aromatic rings. The second-order valence-corrected chi connectivity index (χ2v) is 6.33. The summed E-state index contributed by atoms with van der Waals surface area (Å²) in [7, 11) is -2.05. The van der Waals surface area contributed by atoms with Crippen molar-refractivity contribution in [2.75, 3.05) is 13.6 Å². The normalized spacial score (nSPS) is 17.1. The number of carbonyl (C=O) groups is 1. The minimum Gasteiger partial charge on any atom is -0.440 e. The van der Waals surface area contributed by atoms with Crippen molar-refractivity contribution in [1.82, 2.24) is 4.31 Å². The fourth-order valence-electron chi connectivity index (χ4n) is 1.83. The van der Waals surface area contributed by atoms with Crippen LogP contribution in [0.25, 0.3) is 0 Å². The molecule has 1 aliphatic carbocycles. The molecule has 1 saturated carbocycles. The van der Waals surface area contributed by atoms with Crippen LogP contribution < -0.4 is 0 Å². The first kappa shape index (κ1) is 12.3. The van der Waals surface area contributed by atoms with Gasteiger partial charge in [0, 0.05) is 13.6 Å². The molecule has 6 heteroatoms. The van der Waals surface area contributed by atoms with Crippen LogP contribution >= 0.6 is 0 Å². The van der Waals surface area contributed by atoms with Gasteiger partial charge in [-0.2, -0.15) is 4.31 Å². The predicted octanol–water partition coefficient (Wildman–Crippen LogP) is 1.51. The highest BCUT2D eigenvalue weighted by molar-refractivity contribution is 7.89. The molecule has 0 amide bonds. The molecule has 1 heterocycles. The zero-order chi connectivity index (χ0) is 12.5. The Morgan fingerprint density at radius 2 is 2.18 bits per heavy atom. The molecule has 0 radical (unpaired) electrons. The smallest absolute Gasteiger partial charge is 0.276 e. The van der Waals surface area contributed by atoms with E-state index in [0.717, 1.165) is 12.8 Å². The van der Waals surface area contributed by atoms with Gasteiger partial charge in [-0.15, -0.1) is 0 Å². The third-order valence-electron chi connectivity index (χ3n) is 3.12. The summed E-state index contributed by atoms with van der Waals surface area (Å²) in [5.74, 6) is 0.482. The summed E-state index contributed by atoms with van der Waals surface area (Å²) in [5.41, 5.74) is 0. The van der Waals surface area contributed by atoms with Crippen molar-refractivity contribution in [2.24, 2.45) is 5.92 Å². The zero-order valence-electron chi connectivity index (χ0n) is 9.63. The average Bonchev–Trinajstić information content (AvgIpc) is 2.71. The van der Waals surface area contributed by atoms with E-state index >= 15 is 0 Å². The quantitative estimate of drug-likeness (QED) is 0.750. The summed E-state index contributed by atoms with van der Waals surface area (Å²) in [6.45, 7) is 0.513. The molecule has 17 heavy (non-hydrogen) atoms. The second kappa shape index (κ2) is 4.62. The molecule has 0 bridgehead atoms. The van der Waals surface area contributed by atoms with Crippen LogP contribution in [0.5, 0.6) is 0 Å². The number of aldehydes is 1. The average molecular weight is 257 g/mol. The fourth-order valence-corrected chi connectivity index (χ4v) is 2.98. The Morgan fingerprint density at radius 1 is 1.47 bits per heavy atom. The lowest BCUT2D eigenvalue weighted by Gasteiger charge is -2.29. The molecule has 0 N–H and O–H groups in total. The van der Waals surface area contributed by atoms with Crippen LogP contribution in [0.15, 0.2) is 21.6 Å². The number of rotatable bonds is 5. The highest BCUT2D eigenvalue weighted by Gasteiger charge is 2.28. The van der Waals surface area contributed by atoms with E-state index in [9.17, 15) is 13.2 Å². The van der Waals surface area contributed by atoms with E-state index in [2.05, 4.69) is 0 Å². The van der Waals surface area contributed by atoms with Crippen LogP contribution in [0.1, 0.15) is 29.8 Å². The van der Waals surface area contributed by atoms with Gasteiger partial charge in [0.25, 0.3) is 10.0 Å². The maximum absolute atomic E-state index is 12.1. The van der Waals surface area contributed by atoms with Gasteiger partial charge in [-0.3, -0.25) is 4.79 Å². The lowest BCUT2D eigenvalue weighted by atomic mass is 9.86. The molecule has 0 unspecified atom stereocenters. The van der Waals surface area contributed by atoms with Crippen LogP contribution in [0, 0.1) is 5.92 Å². The number of hydrogen-bond acceptors (Lipinski definition) is 4. The van der Waals surface area contributed by atoms with Gasteiger partial charge in [-0.05, 0) is 30.9 Å². The molecule has 94 valence electrons. The predicted molar refractivity (Wildman–Crippen MR) is 61.3 cm³/mol. The molecule has 0 atom stereocenters. The van der Waals surface area contributed by atoms with Crippen LogP contribution in [0.2, 0.25) is 0 Å². The third kappa shape index (κ3) is 2.42. The largest absolute Gasteiger partial charge is 0.440 e. The zero-order valence-corrected chi connectivity index (χ0v) is 10.4. The number of carbonyl (C=O) groups excluding carboxylic acids is 1. The van der Waals surface area contributed by atoms with E-state index in [4.69, 9.17) is 4.42 Å². The Hall–Kier alpha value is -1.14. The van der Waals surface area contributed by atoms with Gasteiger partial charge in [-0.25, -0.2) is 8.42 Å². The fraction of sp³-hybridized carbons (Fsp3) is 0.545. The van der Waals surface area contributed by atoms with Crippen LogP contribution in [-0.4, -0.2) is 32.6 Å². The van der Waals surface area contributed by atoms with E-state index in [1.54, 1.807) is 0 Å². The van der Waals surface area contributed by atoms with Gasteiger partial charge < -0.3 is 4.42 Å². The van der Waals surface area contributed by atoms with Gasteiger partial charge >= 0.3 is 0 Å². The minimum absolute atomic E-state index is 0.0284. The van der Waals surface area contributed by atoms with Crippen LogP contribution in [-0.2, 0) is 10.0 Å². The molecule has 1 fully saturated rings. The van der Waals surface area contributed by atoms with Crippen molar-refractivity contribution < 1.29 is 17.6 Å². The number of nitrogens with zero attached hydrogens (tertiary/aromatic N) is 1. The summed E-state index contributed by atoms with van der Waals surface area (Å²) >= 11 is 0. The molecule has 0 saturated heterocycles. The first-order valence-electron chi connectivity index (χ1n) is 5.55. The molecule has 2 rings (SSSR count). The van der Waals surface area contributed by atoms with E-state index in [0.29, 0.717) is 18.7 Å². The molecule has 1 aromatic heterocycles. The number of hydrogen-bond donors (Lipinski definition) is 0. The van der Waals surface area contributed by atoms with E-state index in [-0.39, 0.29) is 10.9 Å². The van der Waals surface area contributed by atoms with Crippen molar-refractivity contribution in [2.45, 2.75) is 24.4 Å². The molecule has 0 aliphatic heterocycles. The SMILES string of the molecule is CN(CC1CCC1)S(=O)(=O)c1ccc(C=O)o1. The minimum atomic E-state index is -3.59. The molecular weight excluding hydrogens is 242 g/mol. The standard InChI is InChI=1S/C11H15NO4S/c1-12(7-9-3-2-4-9)17(14,15)11-6-5-10(8-13)16-11/h5-6,8-9H,2-4,7H2,1H3. The number of sulfonamides is 1. The summed E-state index contributed by atoms with van der Waals surface area (Å²) in [6.07, 6.45) is 3.83. The van der Waals surface area contributed by atoms with Crippen LogP contribution in [0.3, 0.4) is 0 Å². The number of furan rings is 1. The maximum Gasteiger partial charge on any atom is 0.276 e. The molecule has 5 nitrogen and oxygen atoms in total. The van der Waals surface area contributed by atoms with E-state index in [1.807, 2.05) is 0 Å². The maximum atomic E-state index is 12.1. The van der Waals surface area contributed by atoms with Gasteiger partial charge in [0.1, 0.15) is 0 Å². The van der Waals surface area contributed by atoms with Crippen molar-refractivity contribution in [1.29, 1.82) is 0 Å². The van der Waals surface area contributed by atoms with Gasteiger partial charge in [0.2, 0.25) is 5.09 Å². The monoisotopic (exact) mass is 257 g/mol. The molecule has 1 aliphatic rings. The summed E-state index contributed by atoms with van der Waals surface area (Å²) < 4.78 is 30.4. The Bertz CT molecular complexity index is 501. The lowest BCUT2D eigenvalue weighted by Crippen LogP contribution is -2.34. The Morgan fingerprint density at radius 3 is 2.65 bits per heavy atom. The van der Waals surface area contributed by atoms with Crippen molar-refractivity contribution >= 4 is 16.3 Å². The van der Waals surface area contributed by atoms with Crippen molar-refractivity contribution in [3.63, 3.8) is 0 Å². The molecular formula is C11H15NO4S. The summed E-state index contributed by atoms with van der Waals surface area (Å²) in [4.78, 5) is 10.4. The van der Waals surface area contributed by atoms with Crippen LogP contribution in [0.4, 0.5) is 0 Å². The van der Waals surface area contributed by atoms with Gasteiger partial charge in [0.05, 0.1) is 0 Å². The highest BCUT2D eigenvalue weighted by Crippen LogP contribution is 2.28. The third-order valence-corrected chi connectivity index (χ3v) is 4.82. The Kier molecular flexibility index (Phi) is 3.35. The first-order valence-corrected chi connectivity index (χ1v) is 6.99. The van der Waals surface area contributed by atoms with Crippen molar-refractivity contribution in [3.8, 4) is 0 Å². The second-order valence-electron chi connectivity index (χ2n) is 4.36. The van der Waals surface area contributed by atoms with Crippen molar-refractivity contribution in [3.05, 3.63) is 17.9 Å². The van der Waals surface area contributed by atoms with Gasteiger partial charge in [0.15, 0.2) is 12.0 Å². The Balaban J connectivity index is 2.13. The molecule has 0 aromatic carbocycles. The summed E-state index contributed by atoms with van der Waals surface area (Å²) in [5, 5.41) is -0.165. The lowest BCUT2D eigenvalue weighted by molar-refractivity contribution is 0.109. The van der Waals surface area contributed by atoms with E-state index in [1.165, 1.54) is 29.9 Å². The Labute approximate surface area is 100 Å². The topological polar surface area (TPSA) is 67.6 Å². The van der Waals surface area contributed by atoms with Gasteiger partial charge in [-0.1, -0.05) is 6.42 Å². The highest BCUT2D eigenvalue weighted by atomic mass is 32.2. The molecule has 0 spiro atoms.